The second-order valence-electron chi connectivity index (χ2n) is 6.03. The molecule has 0 bridgehead atoms. The van der Waals surface area contributed by atoms with Crippen molar-refractivity contribution in [1.29, 1.82) is 0 Å². The zero-order valence-electron chi connectivity index (χ0n) is 10.8. The van der Waals surface area contributed by atoms with Gasteiger partial charge in [0.05, 0.1) is 11.7 Å². The Hall–Kier alpha value is -0.860. The fourth-order valence-electron chi connectivity index (χ4n) is 3.51. The molecule has 2 aliphatic carbocycles. The molecule has 1 aromatic carbocycles. The summed E-state index contributed by atoms with van der Waals surface area (Å²) in [6.45, 7) is 0. The second kappa shape index (κ2) is 4.67. The Kier molecular flexibility index (Phi) is 3.16. The summed E-state index contributed by atoms with van der Waals surface area (Å²) < 4.78 is 0. The molecule has 3 atom stereocenters. The highest BCUT2D eigenvalue weighted by molar-refractivity contribution is 5.27. The van der Waals surface area contributed by atoms with Gasteiger partial charge in [0.25, 0.3) is 0 Å². The number of aliphatic hydroxyl groups excluding tert-OH is 1. The van der Waals surface area contributed by atoms with E-state index in [0.29, 0.717) is 5.92 Å². The summed E-state index contributed by atoms with van der Waals surface area (Å²) in [6.07, 6.45) is 5.32. The molecule has 3 unspecified atom stereocenters. The van der Waals surface area contributed by atoms with Crippen LogP contribution in [-0.2, 0) is 0 Å². The molecule has 3 rings (SSSR count). The van der Waals surface area contributed by atoms with E-state index in [2.05, 4.69) is 12.1 Å². The molecule has 2 heteroatoms. The molecule has 0 heterocycles. The quantitative estimate of drug-likeness (QED) is 0.861. The van der Waals surface area contributed by atoms with Gasteiger partial charge in [-0.25, -0.2) is 0 Å². The van der Waals surface area contributed by atoms with Crippen LogP contribution in [0.3, 0.4) is 0 Å². The Labute approximate surface area is 109 Å². The van der Waals surface area contributed by atoms with Crippen LogP contribution in [0.15, 0.2) is 30.3 Å². The van der Waals surface area contributed by atoms with Crippen LogP contribution in [0.25, 0.3) is 0 Å². The molecule has 0 amide bonds. The highest BCUT2D eigenvalue weighted by Crippen LogP contribution is 2.53. The number of hydrogen-bond acceptors (Lipinski definition) is 2. The largest absolute Gasteiger partial charge is 0.390 e. The lowest BCUT2D eigenvalue weighted by molar-refractivity contribution is -0.106. The van der Waals surface area contributed by atoms with E-state index in [4.69, 9.17) is 0 Å². The van der Waals surface area contributed by atoms with Gasteiger partial charge in [-0.1, -0.05) is 49.6 Å². The highest BCUT2D eigenvalue weighted by Gasteiger charge is 2.51. The Balaban J connectivity index is 1.67. The molecule has 18 heavy (non-hydrogen) atoms. The van der Waals surface area contributed by atoms with Gasteiger partial charge < -0.3 is 10.2 Å². The molecule has 0 aliphatic heterocycles. The van der Waals surface area contributed by atoms with Crippen LogP contribution in [-0.4, -0.2) is 21.9 Å². The average Bonchev–Trinajstić information content (AvgIpc) is 3.20. The second-order valence-corrected chi connectivity index (χ2v) is 6.03. The minimum atomic E-state index is -0.813. The van der Waals surface area contributed by atoms with Crippen molar-refractivity contribution in [2.24, 2.45) is 5.92 Å². The molecule has 2 aliphatic rings. The Morgan fingerprint density at radius 1 is 1.06 bits per heavy atom. The van der Waals surface area contributed by atoms with Crippen molar-refractivity contribution in [2.75, 3.05) is 0 Å². The van der Waals surface area contributed by atoms with Crippen LogP contribution in [0.4, 0.5) is 0 Å². The third-order valence-electron chi connectivity index (χ3n) is 4.74. The maximum Gasteiger partial charge on any atom is 0.0908 e. The summed E-state index contributed by atoms with van der Waals surface area (Å²) in [5, 5.41) is 21.0. The maximum absolute atomic E-state index is 10.6. The van der Waals surface area contributed by atoms with Crippen LogP contribution in [0, 0.1) is 5.92 Å². The van der Waals surface area contributed by atoms with Gasteiger partial charge in [0.1, 0.15) is 0 Å². The molecule has 98 valence electrons. The molecule has 2 saturated carbocycles. The van der Waals surface area contributed by atoms with E-state index in [-0.39, 0.29) is 5.92 Å². The van der Waals surface area contributed by atoms with Gasteiger partial charge in [-0.15, -0.1) is 0 Å². The first-order valence-corrected chi connectivity index (χ1v) is 7.16. The zero-order chi connectivity index (χ0) is 12.6. The predicted octanol–water partition coefficient (Wildman–Crippen LogP) is 2.85. The van der Waals surface area contributed by atoms with E-state index in [0.717, 1.165) is 32.1 Å². The number of aliphatic hydroxyl groups is 2. The Morgan fingerprint density at radius 3 is 2.39 bits per heavy atom. The summed E-state index contributed by atoms with van der Waals surface area (Å²) in [5.41, 5.74) is 0.493. The lowest BCUT2D eigenvalue weighted by Crippen LogP contribution is -2.45. The molecule has 0 saturated heterocycles. The van der Waals surface area contributed by atoms with Crippen molar-refractivity contribution in [2.45, 2.75) is 56.1 Å². The van der Waals surface area contributed by atoms with E-state index in [1.54, 1.807) is 0 Å². The lowest BCUT2D eigenvalue weighted by Gasteiger charge is -2.36. The third kappa shape index (κ3) is 2.19. The van der Waals surface area contributed by atoms with Gasteiger partial charge in [0.15, 0.2) is 0 Å². The van der Waals surface area contributed by atoms with Crippen LogP contribution < -0.4 is 0 Å². The van der Waals surface area contributed by atoms with E-state index in [9.17, 15) is 10.2 Å². The van der Waals surface area contributed by atoms with Crippen molar-refractivity contribution < 1.29 is 10.2 Å². The van der Waals surface area contributed by atoms with Crippen LogP contribution in [0.5, 0.6) is 0 Å². The van der Waals surface area contributed by atoms with Gasteiger partial charge in [-0.2, -0.15) is 0 Å². The van der Waals surface area contributed by atoms with E-state index < -0.39 is 11.7 Å². The third-order valence-corrected chi connectivity index (χ3v) is 4.74. The number of benzene rings is 1. The molecule has 0 radical (unpaired) electrons. The van der Waals surface area contributed by atoms with Crippen LogP contribution in [0.1, 0.15) is 50.0 Å². The van der Waals surface area contributed by atoms with E-state index in [1.165, 1.54) is 12.0 Å². The standard InChI is InChI=1S/C16H22O2/c17-15(16(18)9-5-2-6-10-16)14-11-13(14)12-7-3-1-4-8-12/h1,3-4,7-8,13-15,17-18H,2,5-6,9-11H2. The topological polar surface area (TPSA) is 40.5 Å². The van der Waals surface area contributed by atoms with Crippen molar-refractivity contribution in [3.8, 4) is 0 Å². The Morgan fingerprint density at radius 2 is 1.72 bits per heavy atom. The SMILES string of the molecule is OC(C1CC1c1ccccc1)C1(O)CCCCC1. The highest BCUT2D eigenvalue weighted by atomic mass is 16.3. The zero-order valence-corrected chi connectivity index (χ0v) is 10.8. The first-order chi connectivity index (χ1) is 8.71. The van der Waals surface area contributed by atoms with Crippen molar-refractivity contribution in [3.05, 3.63) is 35.9 Å². The predicted molar refractivity (Wildman–Crippen MR) is 71.3 cm³/mol. The van der Waals surface area contributed by atoms with E-state index in [1.807, 2.05) is 18.2 Å². The lowest BCUT2D eigenvalue weighted by atomic mass is 9.78. The first-order valence-electron chi connectivity index (χ1n) is 7.16. The molecule has 2 nitrogen and oxygen atoms in total. The number of rotatable bonds is 3. The van der Waals surface area contributed by atoms with Gasteiger partial charge in [-0.3, -0.25) is 0 Å². The van der Waals surface area contributed by atoms with Crippen molar-refractivity contribution in [3.63, 3.8) is 0 Å². The average molecular weight is 246 g/mol. The van der Waals surface area contributed by atoms with Crippen LogP contribution in [0.2, 0.25) is 0 Å². The van der Waals surface area contributed by atoms with Gasteiger partial charge in [-0.05, 0) is 36.7 Å². The van der Waals surface area contributed by atoms with Crippen LogP contribution >= 0.6 is 0 Å². The molecule has 1 aromatic rings. The molecular weight excluding hydrogens is 224 g/mol. The van der Waals surface area contributed by atoms with Crippen molar-refractivity contribution >= 4 is 0 Å². The fourth-order valence-corrected chi connectivity index (χ4v) is 3.51. The first kappa shape index (κ1) is 12.2. The van der Waals surface area contributed by atoms with Gasteiger partial charge >= 0.3 is 0 Å². The Bertz CT molecular complexity index is 395. The minimum Gasteiger partial charge on any atom is -0.390 e. The van der Waals surface area contributed by atoms with Gasteiger partial charge in [0.2, 0.25) is 0 Å². The molecule has 2 fully saturated rings. The fraction of sp³-hybridized carbons (Fsp3) is 0.625. The summed E-state index contributed by atoms with van der Waals surface area (Å²) in [5.74, 6) is 0.711. The summed E-state index contributed by atoms with van der Waals surface area (Å²) in [6, 6.07) is 10.4. The maximum atomic E-state index is 10.6. The monoisotopic (exact) mass is 246 g/mol. The normalized spacial score (nSPS) is 31.9. The van der Waals surface area contributed by atoms with E-state index >= 15 is 0 Å². The summed E-state index contributed by atoms with van der Waals surface area (Å²) in [7, 11) is 0. The minimum absolute atomic E-state index is 0.260. The summed E-state index contributed by atoms with van der Waals surface area (Å²) >= 11 is 0. The van der Waals surface area contributed by atoms with Crippen molar-refractivity contribution in [1.82, 2.24) is 0 Å². The van der Waals surface area contributed by atoms with Gasteiger partial charge in [0, 0.05) is 0 Å². The molecule has 0 spiro atoms. The smallest absolute Gasteiger partial charge is 0.0908 e. The molecule has 2 N–H and O–H groups in total. The molecule has 0 aromatic heterocycles. The summed E-state index contributed by atoms with van der Waals surface area (Å²) in [4.78, 5) is 0. The molecular formula is C16H22O2. The number of hydrogen-bond donors (Lipinski definition) is 2.